The normalized spacial score (nSPS) is 12.3. The molecule has 0 aliphatic rings. The maximum atomic E-state index is 9.33. The second-order valence-corrected chi connectivity index (χ2v) is 3.88. The van der Waals surface area contributed by atoms with E-state index in [4.69, 9.17) is 4.74 Å². The second-order valence-electron chi connectivity index (χ2n) is 3.88. The lowest BCUT2D eigenvalue weighted by atomic mass is 10.1. The number of aliphatic hydroxyl groups is 1. The summed E-state index contributed by atoms with van der Waals surface area (Å²) in [7, 11) is 0. The predicted octanol–water partition coefficient (Wildman–Crippen LogP) is 2.94. The molecule has 2 rings (SSSR count). The van der Waals surface area contributed by atoms with Crippen molar-refractivity contribution in [1.29, 1.82) is 0 Å². The topological polar surface area (TPSA) is 29.5 Å². The Labute approximate surface area is 101 Å². The highest BCUT2D eigenvalue weighted by atomic mass is 16.5. The van der Waals surface area contributed by atoms with Crippen LogP contribution in [0.5, 0.6) is 0 Å². The van der Waals surface area contributed by atoms with Crippen molar-refractivity contribution in [3.63, 3.8) is 0 Å². The minimum Gasteiger partial charge on any atom is -0.393 e. The fourth-order valence-corrected chi connectivity index (χ4v) is 1.69. The zero-order valence-corrected chi connectivity index (χ0v) is 9.62. The summed E-state index contributed by atoms with van der Waals surface area (Å²) in [6.45, 7) is 0.512. The van der Waals surface area contributed by atoms with Gasteiger partial charge in [0, 0.05) is 0 Å². The van der Waals surface area contributed by atoms with Crippen LogP contribution in [0, 0.1) is 0 Å². The fourth-order valence-electron chi connectivity index (χ4n) is 1.69. The quantitative estimate of drug-likeness (QED) is 0.852. The molecule has 1 atom stereocenters. The number of rotatable bonds is 5. The van der Waals surface area contributed by atoms with Crippen LogP contribution >= 0.6 is 0 Å². The highest BCUT2D eigenvalue weighted by Crippen LogP contribution is 2.18. The summed E-state index contributed by atoms with van der Waals surface area (Å²) >= 11 is 0. The third-order valence-electron chi connectivity index (χ3n) is 2.63. The van der Waals surface area contributed by atoms with Crippen molar-refractivity contribution in [3.8, 4) is 0 Å². The van der Waals surface area contributed by atoms with E-state index in [1.807, 2.05) is 60.7 Å². The van der Waals surface area contributed by atoms with Crippen molar-refractivity contribution in [2.45, 2.75) is 12.7 Å². The third-order valence-corrected chi connectivity index (χ3v) is 2.63. The molecule has 0 saturated carbocycles. The van der Waals surface area contributed by atoms with Crippen molar-refractivity contribution in [1.82, 2.24) is 0 Å². The molecule has 0 radical (unpaired) electrons. The molecule has 0 saturated heterocycles. The molecule has 0 bridgehead atoms. The predicted molar refractivity (Wildman–Crippen MR) is 67.5 cm³/mol. The Balaban J connectivity index is 1.97. The first kappa shape index (κ1) is 11.8. The summed E-state index contributed by atoms with van der Waals surface area (Å²) in [5.74, 6) is 0. The molecule has 88 valence electrons. The van der Waals surface area contributed by atoms with E-state index in [2.05, 4.69) is 0 Å². The molecule has 0 amide bonds. The number of aliphatic hydroxyl groups excluding tert-OH is 1. The van der Waals surface area contributed by atoms with Crippen LogP contribution in [0.2, 0.25) is 0 Å². The SMILES string of the molecule is OCC(OCc1ccccc1)c1ccccc1. The third kappa shape index (κ3) is 3.41. The lowest BCUT2D eigenvalue weighted by molar-refractivity contribution is 0.00111. The van der Waals surface area contributed by atoms with Gasteiger partial charge in [-0.2, -0.15) is 0 Å². The molecule has 2 nitrogen and oxygen atoms in total. The minimum atomic E-state index is -0.253. The van der Waals surface area contributed by atoms with Crippen LogP contribution < -0.4 is 0 Å². The first-order valence-electron chi connectivity index (χ1n) is 5.71. The van der Waals surface area contributed by atoms with Crippen LogP contribution in [-0.2, 0) is 11.3 Å². The Morgan fingerprint density at radius 2 is 1.47 bits per heavy atom. The van der Waals surface area contributed by atoms with E-state index in [9.17, 15) is 5.11 Å². The summed E-state index contributed by atoms with van der Waals surface area (Å²) in [5.41, 5.74) is 2.12. The standard InChI is InChI=1S/C15H16O2/c16-11-15(14-9-5-2-6-10-14)17-12-13-7-3-1-4-8-13/h1-10,15-16H,11-12H2. The zero-order chi connectivity index (χ0) is 11.9. The van der Waals surface area contributed by atoms with E-state index in [-0.39, 0.29) is 12.7 Å². The van der Waals surface area contributed by atoms with Crippen molar-refractivity contribution >= 4 is 0 Å². The van der Waals surface area contributed by atoms with E-state index in [1.165, 1.54) is 0 Å². The smallest absolute Gasteiger partial charge is 0.106 e. The molecule has 1 N–H and O–H groups in total. The van der Waals surface area contributed by atoms with E-state index in [0.29, 0.717) is 6.61 Å². The van der Waals surface area contributed by atoms with Crippen LogP contribution in [0.25, 0.3) is 0 Å². The second kappa shape index (κ2) is 6.18. The molecule has 2 aromatic carbocycles. The Morgan fingerprint density at radius 1 is 0.882 bits per heavy atom. The van der Waals surface area contributed by atoms with Crippen molar-refractivity contribution in [2.24, 2.45) is 0 Å². The van der Waals surface area contributed by atoms with Gasteiger partial charge in [-0.1, -0.05) is 60.7 Å². The average molecular weight is 228 g/mol. The summed E-state index contributed by atoms with van der Waals surface area (Å²) < 4.78 is 5.71. The van der Waals surface area contributed by atoms with Crippen molar-refractivity contribution in [3.05, 3.63) is 71.8 Å². The highest BCUT2D eigenvalue weighted by molar-refractivity contribution is 5.18. The van der Waals surface area contributed by atoms with Gasteiger partial charge >= 0.3 is 0 Å². The van der Waals surface area contributed by atoms with Gasteiger partial charge in [-0.25, -0.2) is 0 Å². The van der Waals surface area contributed by atoms with Crippen LogP contribution in [0.1, 0.15) is 17.2 Å². The minimum absolute atomic E-state index is 0.00313. The largest absolute Gasteiger partial charge is 0.393 e. The lowest BCUT2D eigenvalue weighted by Gasteiger charge is -2.15. The molecular formula is C15H16O2. The number of hydrogen-bond acceptors (Lipinski definition) is 2. The van der Waals surface area contributed by atoms with E-state index < -0.39 is 0 Å². The Bertz CT molecular complexity index is 425. The van der Waals surface area contributed by atoms with Gasteiger partial charge in [0.15, 0.2) is 0 Å². The molecule has 0 aliphatic heterocycles. The molecule has 0 heterocycles. The first-order chi connectivity index (χ1) is 8.40. The molecule has 2 aromatic rings. The van der Waals surface area contributed by atoms with E-state index in [0.717, 1.165) is 11.1 Å². The van der Waals surface area contributed by atoms with Gasteiger partial charge in [0.1, 0.15) is 6.10 Å². The molecule has 0 aromatic heterocycles. The van der Waals surface area contributed by atoms with E-state index >= 15 is 0 Å². The summed E-state index contributed by atoms with van der Waals surface area (Å²) in [4.78, 5) is 0. The van der Waals surface area contributed by atoms with Crippen molar-refractivity contribution in [2.75, 3.05) is 6.61 Å². The molecule has 0 spiro atoms. The molecular weight excluding hydrogens is 212 g/mol. The van der Waals surface area contributed by atoms with Gasteiger partial charge in [0.2, 0.25) is 0 Å². The Hall–Kier alpha value is -1.64. The monoisotopic (exact) mass is 228 g/mol. The molecule has 1 unspecified atom stereocenters. The maximum absolute atomic E-state index is 9.33. The molecule has 2 heteroatoms. The number of benzene rings is 2. The Morgan fingerprint density at radius 3 is 2.06 bits per heavy atom. The molecule has 0 fully saturated rings. The van der Waals surface area contributed by atoms with Crippen molar-refractivity contribution < 1.29 is 9.84 Å². The van der Waals surface area contributed by atoms with Gasteiger partial charge in [-0.05, 0) is 11.1 Å². The lowest BCUT2D eigenvalue weighted by Crippen LogP contribution is -2.08. The first-order valence-corrected chi connectivity index (χ1v) is 5.71. The molecule has 17 heavy (non-hydrogen) atoms. The van der Waals surface area contributed by atoms with Gasteiger partial charge in [0.25, 0.3) is 0 Å². The number of ether oxygens (including phenoxy) is 1. The van der Waals surface area contributed by atoms with Crippen LogP contribution in [0.15, 0.2) is 60.7 Å². The Kier molecular flexibility index (Phi) is 4.30. The summed E-state index contributed by atoms with van der Waals surface area (Å²) in [6.07, 6.45) is -0.253. The number of hydrogen-bond donors (Lipinski definition) is 1. The van der Waals surface area contributed by atoms with Gasteiger partial charge in [0.05, 0.1) is 13.2 Å². The van der Waals surface area contributed by atoms with Gasteiger partial charge in [-0.15, -0.1) is 0 Å². The van der Waals surface area contributed by atoms with Crippen LogP contribution in [0.4, 0.5) is 0 Å². The average Bonchev–Trinajstić information content (AvgIpc) is 2.42. The highest BCUT2D eigenvalue weighted by Gasteiger charge is 2.09. The van der Waals surface area contributed by atoms with Crippen LogP contribution in [-0.4, -0.2) is 11.7 Å². The van der Waals surface area contributed by atoms with E-state index in [1.54, 1.807) is 0 Å². The van der Waals surface area contributed by atoms with Gasteiger partial charge < -0.3 is 9.84 Å². The zero-order valence-electron chi connectivity index (χ0n) is 9.62. The van der Waals surface area contributed by atoms with Gasteiger partial charge in [-0.3, -0.25) is 0 Å². The molecule has 0 aliphatic carbocycles. The summed E-state index contributed by atoms with van der Waals surface area (Å²) in [6, 6.07) is 19.7. The van der Waals surface area contributed by atoms with Crippen LogP contribution in [0.3, 0.4) is 0 Å². The fraction of sp³-hybridized carbons (Fsp3) is 0.200. The summed E-state index contributed by atoms with van der Waals surface area (Å²) in [5, 5.41) is 9.33. The maximum Gasteiger partial charge on any atom is 0.106 e.